The van der Waals surface area contributed by atoms with Crippen molar-refractivity contribution in [3.8, 4) is 0 Å². The Labute approximate surface area is 107 Å². The van der Waals surface area contributed by atoms with Gasteiger partial charge in [0.25, 0.3) is 5.91 Å². The predicted molar refractivity (Wildman–Crippen MR) is 60.6 cm³/mol. The van der Waals surface area contributed by atoms with Crippen LogP contribution in [0.25, 0.3) is 0 Å². The van der Waals surface area contributed by atoms with Gasteiger partial charge in [-0.2, -0.15) is 18.3 Å². The Morgan fingerprint density at radius 2 is 1.84 bits per heavy atom. The fourth-order valence-corrected chi connectivity index (χ4v) is 1.30. The Morgan fingerprint density at radius 3 is 2.26 bits per heavy atom. The number of hydrogen-bond donors (Lipinski definition) is 1. The van der Waals surface area contributed by atoms with Crippen molar-refractivity contribution in [2.75, 3.05) is 19.4 Å². The average molecular weight is 278 g/mol. The molecule has 9 heteroatoms. The first-order valence-electron chi connectivity index (χ1n) is 5.19. The van der Waals surface area contributed by atoms with Crippen LogP contribution in [0.2, 0.25) is 0 Å². The van der Waals surface area contributed by atoms with E-state index in [4.69, 9.17) is 0 Å². The molecule has 0 aliphatic heterocycles. The zero-order valence-corrected chi connectivity index (χ0v) is 10.8. The van der Waals surface area contributed by atoms with Crippen LogP contribution in [-0.4, -0.2) is 46.8 Å². The van der Waals surface area contributed by atoms with E-state index in [1.165, 1.54) is 32.7 Å². The monoisotopic (exact) mass is 278 g/mol. The molecule has 0 bridgehead atoms. The molecule has 1 aromatic heterocycles. The van der Waals surface area contributed by atoms with Gasteiger partial charge >= 0.3 is 12.1 Å². The van der Waals surface area contributed by atoms with Gasteiger partial charge in [-0.1, -0.05) is 0 Å². The van der Waals surface area contributed by atoms with Crippen molar-refractivity contribution < 1.29 is 22.8 Å². The van der Waals surface area contributed by atoms with Crippen LogP contribution in [0.15, 0.2) is 0 Å². The molecule has 0 saturated carbocycles. The molecule has 0 radical (unpaired) electrons. The standard InChI is InChI=1S/C10H13F3N4O2/c1-5-6(14-9(19)10(11,12)13)7(15-17(5)4)8(18)16(2)3/h1-4H3,(H,14,19). The van der Waals surface area contributed by atoms with Crippen LogP contribution in [0.4, 0.5) is 18.9 Å². The summed E-state index contributed by atoms with van der Waals surface area (Å²) in [5.41, 5.74) is -0.214. The molecule has 6 nitrogen and oxygen atoms in total. The Balaban J connectivity index is 3.20. The second-order valence-corrected chi connectivity index (χ2v) is 4.08. The van der Waals surface area contributed by atoms with Gasteiger partial charge in [0.2, 0.25) is 0 Å². The van der Waals surface area contributed by atoms with Gasteiger partial charge in [-0.15, -0.1) is 0 Å². The number of aryl methyl sites for hydroxylation is 1. The van der Waals surface area contributed by atoms with Gasteiger partial charge in [0.15, 0.2) is 5.69 Å². The molecule has 1 heterocycles. The Kier molecular flexibility index (Phi) is 3.87. The second kappa shape index (κ2) is 4.90. The number of halogens is 3. The zero-order chi connectivity index (χ0) is 15.0. The first-order chi connectivity index (χ1) is 8.55. The number of anilines is 1. The van der Waals surface area contributed by atoms with E-state index in [0.717, 1.165) is 4.90 Å². The average Bonchev–Trinajstić information content (AvgIpc) is 2.54. The fraction of sp³-hybridized carbons (Fsp3) is 0.500. The molecule has 1 rings (SSSR count). The number of nitrogens with one attached hydrogen (secondary N) is 1. The molecule has 19 heavy (non-hydrogen) atoms. The van der Waals surface area contributed by atoms with Crippen LogP contribution in [-0.2, 0) is 11.8 Å². The van der Waals surface area contributed by atoms with E-state index in [0.29, 0.717) is 0 Å². The number of amides is 2. The zero-order valence-electron chi connectivity index (χ0n) is 10.8. The highest BCUT2D eigenvalue weighted by molar-refractivity contribution is 6.04. The summed E-state index contributed by atoms with van der Waals surface area (Å²) in [4.78, 5) is 23.9. The summed E-state index contributed by atoms with van der Waals surface area (Å²) < 4.78 is 37.9. The molecule has 0 atom stereocenters. The first-order valence-corrected chi connectivity index (χ1v) is 5.19. The van der Waals surface area contributed by atoms with Crippen molar-refractivity contribution >= 4 is 17.5 Å². The highest BCUT2D eigenvalue weighted by atomic mass is 19.4. The van der Waals surface area contributed by atoms with Gasteiger partial charge in [-0.05, 0) is 6.92 Å². The van der Waals surface area contributed by atoms with Crippen molar-refractivity contribution in [2.45, 2.75) is 13.1 Å². The summed E-state index contributed by atoms with van der Waals surface area (Å²) >= 11 is 0. The largest absolute Gasteiger partial charge is 0.471 e. The Morgan fingerprint density at radius 1 is 1.32 bits per heavy atom. The Hall–Kier alpha value is -2.06. The van der Waals surface area contributed by atoms with E-state index in [2.05, 4.69) is 5.10 Å². The van der Waals surface area contributed by atoms with Gasteiger partial charge in [0.1, 0.15) is 0 Å². The number of nitrogens with zero attached hydrogens (tertiary/aromatic N) is 3. The van der Waals surface area contributed by atoms with E-state index in [1.54, 1.807) is 5.32 Å². The lowest BCUT2D eigenvalue weighted by atomic mass is 10.2. The maximum absolute atomic E-state index is 12.2. The van der Waals surface area contributed by atoms with Crippen molar-refractivity contribution in [1.29, 1.82) is 0 Å². The fourth-order valence-electron chi connectivity index (χ4n) is 1.30. The summed E-state index contributed by atoms with van der Waals surface area (Å²) in [6, 6.07) is 0. The van der Waals surface area contributed by atoms with Crippen LogP contribution in [0.5, 0.6) is 0 Å². The van der Waals surface area contributed by atoms with E-state index in [1.807, 2.05) is 0 Å². The quantitative estimate of drug-likeness (QED) is 0.875. The molecule has 1 N–H and O–H groups in total. The number of carbonyl (C=O) groups excluding carboxylic acids is 2. The third-order valence-electron chi connectivity index (χ3n) is 2.44. The van der Waals surface area contributed by atoms with Crippen LogP contribution < -0.4 is 5.32 Å². The van der Waals surface area contributed by atoms with Gasteiger partial charge in [0, 0.05) is 21.1 Å². The van der Waals surface area contributed by atoms with Crippen molar-refractivity contribution in [1.82, 2.24) is 14.7 Å². The van der Waals surface area contributed by atoms with Crippen LogP contribution in [0.1, 0.15) is 16.2 Å². The highest BCUT2D eigenvalue weighted by Crippen LogP contribution is 2.24. The van der Waals surface area contributed by atoms with Gasteiger partial charge in [-0.3, -0.25) is 14.3 Å². The van der Waals surface area contributed by atoms with Crippen LogP contribution in [0, 0.1) is 6.92 Å². The minimum absolute atomic E-state index is 0.233. The van der Waals surface area contributed by atoms with Crippen molar-refractivity contribution in [3.05, 3.63) is 11.4 Å². The molecule has 0 aromatic carbocycles. The lowest BCUT2D eigenvalue weighted by molar-refractivity contribution is -0.167. The van der Waals surface area contributed by atoms with E-state index in [9.17, 15) is 22.8 Å². The van der Waals surface area contributed by atoms with Crippen LogP contribution >= 0.6 is 0 Å². The maximum atomic E-state index is 12.2. The topological polar surface area (TPSA) is 67.2 Å². The SMILES string of the molecule is Cc1c(NC(=O)C(F)(F)F)c(C(=O)N(C)C)nn1C. The van der Waals surface area contributed by atoms with Gasteiger partial charge in [0.05, 0.1) is 11.4 Å². The second-order valence-electron chi connectivity index (χ2n) is 4.08. The Bertz CT molecular complexity index is 520. The number of aromatic nitrogens is 2. The van der Waals surface area contributed by atoms with Crippen molar-refractivity contribution in [3.63, 3.8) is 0 Å². The third kappa shape index (κ3) is 3.04. The predicted octanol–water partition coefficient (Wildman–Crippen LogP) is 0.931. The minimum atomic E-state index is -5.03. The molecule has 2 amide bonds. The summed E-state index contributed by atoms with van der Waals surface area (Å²) in [7, 11) is 4.33. The van der Waals surface area contributed by atoms with Gasteiger partial charge in [-0.25, -0.2) is 0 Å². The summed E-state index contributed by atoms with van der Waals surface area (Å²) in [6.45, 7) is 1.45. The summed E-state index contributed by atoms with van der Waals surface area (Å²) in [5.74, 6) is -2.74. The van der Waals surface area contributed by atoms with E-state index >= 15 is 0 Å². The lowest BCUT2D eigenvalue weighted by Crippen LogP contribution is -2.31. The summed E-state index contributed by atoms with van der Waals surface area (Å²) in [5, 5.41) is 5.49. The number of alkyl halides is 3. The van der Waals surface area contributed by atoms with Gasteiger partial charge < -0.3 is 10.2 Å². The molecule has 0 unspecified atom stereocenters. The molecule has 0 aliphatic carbocycles. The summed E-state index contributed by atoms with van der Waals surface area (Å²) in [6.07, 6.45) is -5.03. The molecule has 0 saturated heterocycles. The molecule has 1 aromatic rings. The lowest BCUT2D eigenvalue weighted by Gasteiger charge is -2.11. The third-order valence-corrected chi connectivity index (χ3v) is 2.44. The molecule has 0 fully saturated rings. The normalized spacial score (nSPS) is 11.3. The number of hydrogen-bond acceptors (Lipinski definition) is 3. The maximum Gasteiger partial charge on any atom is 0.471 e. The molecular weight excluding hydrogens is 265 g/mol. The van der Waals surface area contributed by atoms with Crippen LogP contribution in [0.3, 0.4) is 0 Å². The highest BCUT2D eigenvalue weighted by Gasteiger charge is 2.40. The number of rotatable bonds is 2. The number of carbonyl (C=O) groups is 2. The van der Waals surface area contributed by atoms with E-state index in [-0.39, 0.29) is 17.1 Å². The smallest absolute Gasteiger partial charge is 0.343 e. The minimum Gasteiger partial charge on any atom is -0.343 e. The first kappa shape index (κ1) is 15.0. The van der Waals surface area contributed by atoms with E-state index < -0.39 is 18.0 Å². The molecule has 0 spiro atoms. The molecule has 106 valence electrons. The molecule has 0 aliphatic rings. The van der Waals surface area contributed by atoms with Crippen molar-refractivity contribution in [2.24, 2.45) is 7.05 Å². The molecular formula is C10H13F3N4O2.